The molecular formula is C37H47N7O4S. The summed E-state index contributed by atoms with van der Waals surface area (Å²) in [6.07, 6.45) is 3.11. The number of nitrogens with one attached hydrogen (secondary N) is 1. The highest BCUT2D eigenvalue weighted by molar-refractivity contribution is 7.92. The van der Waals surface area contributed by atoms with Gasteiger partial charge in [-0.15, -0.1) is 0 Å². The van der Waals surface area contributed by atoms with Crippen LogP contribution in [0.3, 0.4) is 0 Å². The third-order valence-corrected chi connectivity index (χ3v) is 10.2. The van der Waals surface area contributed by atoms with E-state index >= 15 is 0 Å². The molecule has 0 saturated heterocycles. The number of hydrogen-bond donors (Lipinski definition) is 1. The first kappa shape index (κ1) is 35.7. The van der Waals surface area contributed by atoms with Crippen molar-refractivity contribution in [2.24, 2.45) is 5.41 Å². The molecule has 0 spiro atoms. The molecule has 260 valence electrons. The van der Waals surface area contributed by atoms with Gasteiger partial charge in [0.05, 0.1) is 40.8 Å². The maximum atomic E-state index is 14.5. The minimum absolute atomic E-state index is 0.0256. The van der Waals surface area contributed by atoms with E-state index in [2.05, 4.69) is 59.2 Å². The zero-order chi connectivity index (χ0) is 35.7. The van der Waals surface area contributed by atoms with Crippen molar-refractivity contribution in [1.82, 2.24) is 24.8 Å². The van der Waals surface area contributed by atoms with Crippen molar-refractivity contribution in [1.29, 1.82) is 0 Å². The standard InChI is InChI=1S/C37H47N7O4S/c1-23(2)43(9)34-26(5)38-20-28(39-34)21-44-29(16-17-37(6,7)8)22-48-32-19-31(33-24(3)12-10-13-25(33)4)40-36(41-32)42-49(46,47)30-15-11-14-27(18-30)35(44)45/h10-15,18-20,23,29H,16-17,21-22H2,1-9H3,(H,40,41,42)/t29-/m1/s1. The van der Waals surface area contributed by atoms with Crippen LogP contribution >= 0.6 is 0 Å². The lowest BCUT2D eigenvalue weighted by Gasteiger charge is -2.34. The largest absolute Gasteiger partial charge is 0.475 e. The van der Waals surface area contributed by atoms with E-state index in [0.29, 0.717) is 17.8 Å². The van der Waals surface area contributed by atoms with Gasteiger partial charge >= 0.3 is 0 Å². The Morgan fingerprint density at radius 2 is 1.71 bits per heavy atom. The normalized spacial score (nSPS) is 16.2. The van der Waals surface area contributed by atoms with E-state index in [9.17, 15) is 13.2 Å². The van der Waals surface area contributed by atoms with E-state index < -0.39 is 16.1 Å². The number of carbonyl (C=O) groups excluding carboxylic acids is 1. The summed E-state index contributed by atoms with van der Waals surface area (Å²) in [5.74, 6) is 0.473. The second kappa shape index (κ2) is 14.1. The fraction of sp³-hybridized carbons (Fsp3) is 0.432. The smallest absolute Gasteiger partial charge is 0.264 e. The third-order valence-electron chi connectivity index (χ3n) is 8.83. The molecule has 5 rings (SSSR count). The van der Waals surface area contributed by atoms with Gasteiger partial charge in [-0.05, 0) is 82.2 Å². The Kier molecular flexibility index (Phi) is 10.3. The van der Waals surface area contributed by atoms with E-state index in [4.69, 9.17) is 9.72 Å². The summed E-state index contributed by atoms with van der Waals surface area (Å²) in [5.41, 5.74) is 4.94. The van der Waals surface area contributed by atoms with E-state index in [1.165, 1.54) is 12.1 Å². The van der Waals surface area contributed by atoms with Gasteiger partial charge in [-0.1, -0.05) is 45.0 Å². The second-order valence-electron chi connectivity index (χ2n) is 14.3. The van der Waals surface area contributed by atoms with Crippen molar-refractivity contribution >= 4 is 27.7 Å². The van der Waals surface area contributed by atoms with Crippen molar-refractivity contribution in [3.63, 3.8) is 0 Å². The topological polar surface area (TPSA) is 131 Å². The number of benzene rings is 2. The molecule has 0 fully saturated rings. The van der Waals surface area contributed by atoms with Crippen LogP contribution in [-0.4, -0.2) is 64.9 Å². The molecule has 1 atom stereocenters. The molecule has 12 heteroatoms. The summed E-state index contributed by atoms with van der Waals surface area (Å²) in [6.45, 7) is 16.8. The lowest BCUT2D eigenvalue weighted by Crippen LogP contribution is -2.44. The quantitative estimate of drug-likeness (QED) is 0.225. The Labute approximate surface area is 290 Å². The molecule has 11 nitrogen and oxygen atoms in total. The number of sulfonamides is 1. The van der Waals surface area contributed by atoms with Crippen molar-refractivity contribution in [2.75, 3.05) is 23.3 Å². The molecule has 1 amide bonds. The van der Waals surface area contributed by atoms with Crippen LogP contribution in [0.5, 0.6) is 5.88 Å². The Hall–Kier alpha value is -4.58. The van der Waals surface area contributed by atoms with Crippen molar-refractivity contribution < 1.29 is 17.9 Å². The lowest BCUT2D eigenvalue weighted by molar-refractivity contribution is 0.0549. The van der Waals surface area contributed by atoms with Gasteiger partial charge in [-0.3, -0.25) is 9.78 Å². The number of fused-ring (bicyclic) bond motifs is 4. The van der Waals surface area contributed by atoms with Crippen molar-refractivity contribution in [3.05, 3.63) is 82.8 Å². The van der Waals surface area contributed by atoms with Crippen LogP contribution in [0.25, 0.3) is 11.3 Å². The molecule has 4 aromatic rings. The molecule has 0 radical (unpaired) electrons. The SMILES string of the molecule is Cc1cccc(C)c1-c1cc2nc(n1)NS(=O)(=O)c1cccc(c1)C(=O)N(Cc1cnc(C)c(N(C)C(C)C)n1)[C@H](CCC(C)(C)C)CO2. The van der Waals surface area contributed by atoms with E-state index in [0.717, 1.165) is 34.6 Å². The van der Waals surface area contributed by atoms with Crippen LogP contribution in [0.1, 0.15) is 80.3 Å². The van der Waals surface area contributed by atoms with Gasteiger partial charge in [-0.25, -0.2) is 23.1 Å². The Morgan fingerprint density at radius 1 is 1.02 bits per heavy atom. The molecule has 0 unspecified atom stereocenters. The zero-order valence-electron chi connectivity index (χ0n) is 29.9. The molecule has 0 aliphatic carbocycles. The number of aryl methyl sites for hydroxylation is 3. The van der Waals surface area contributed by atoms with Crippen LogP contribution in [0.15, 0.2) is 59.6 Å². The van der Waals surface area contributed by atoms with Crippen molar-refractivity contribution in [2.45, 2.75) is 91.8 Å². The van der Waals surface area contributed by atoms with Gasteiger partial charge in [0, 0.05) is 30.3 Å². The summed E-state index contributed by atoms with van der Waals surface area (Å²) < 4.78 is 36.4. The summed E-state index contributed by atoms with van der Waals surface area (Å²) in [5, 5.41) is 0. The number of hydrogen-bond acceptors (Lipinski definition) is 9. The molecule has 1 aliphatic heterocycles. The summed E-state index contributed by atoms with van der Waals surface area (Å²) in [7, 11) is -2.21. The average Bonchev–Trinajstić information content (AvgIpc) is 3.03. The lowest BCUT2D eigenvalue weighted by atomic mass is 9.88. The van der Waals surface area contributed by atoms with Crippen LogP contribution in [0.4, 0.5) is 11.8 Å². The Bertz CT molecular complexity index is 1940. The number of ether oxygens (including phenoxy) is 1. The van der Waals surface area contributed by atoms with Gasteiger partial charge in [0.1, 0.15) is 12.4 Å². The highest BCUT2D eigenvalue weighted by Crippen LogP contribution is 2.31. The van der Waals surface area contributed by atoms with Gasteiger partial charge in [-0.2, -0.15) is 4.98 Å². The molecule has 49 heavy (non-hydrogen) atoms. The molecule has 2 aromatic carbocycles. The fourth-order valence-corrected chi connectivity index (χ4v) is 6.80. The molecule has 3 heterocycles. The van der Waals surface area contributed by atoms with Crippen LogP contribution < -0.4 is 14.4 Å². The minimum atomic E-state index is -4.18. The van der Waals surface area contributed by atoms with Crippen LogP contribution in [-0.2, 0) is 16.6 Å². The number of carbonyl (C=O) groups is 1. The zero-order valence-corrected chi connectivity index (χ0v) is 30.7. The van der Waals surface area contributed by atoms with Crippen LogP contribution in [0.2, 0.25) is 0 Å². The average molecular weight is 686 g/mol. The fourth-order valence-electron chi connectivity index (χ4n) is 5.81. The van der Waals surface area contributed by atoms with Crippen LogP contribution in [0, 0.1) is 26.2 Å². The molecule has 1 N–H and O–H groups in total. The Balaban J connectivity index is 1.66. The van der Waals surface area contributed by atoms with E-state index in [-0.39, 0.29) is 52.8 Å². The first-order valence-corrected chi connectivity index (χ1v) is 18.1. The maximum Gasteiger partial charge on any atom is 0.264 e. The number of aromatic nitrogens is 4. The number of anilines is 2. The second-order valence-corrected chi connectivity index (χ2v) is 16.0. The first-order chi connectivity index (χ1) is 23.0. The van der Waals surface area contributed by atoms with E-state index in [1.54, 1.807) is 29.3 Å². The first-order valence-electron chi connectivity index (χ1n) is 16.6. The molecular weight excluding hydrogens is 639 g/mol. The highest BCUT2D eigenvalue weighted by atomic mass is 32.2. The number of rotatable bonds is 7. The van der Waals surface area contributed by atoms with Gasteiger partial charge in [0.15, 0.2) is 0 Å². The number of amides is 1. The Morgan fingerprint density at radius 3 is 2.39 bits per heavy atom. The molecule has 2 aromatic heterocycles. The molecule has 1 aliphatic rings. The van der Waals surface area contributed by atoms with Gasteiger partial charge < -0.3 is 14.5 Å². The van der Waals surface area contributed by atoms with Crippen molar-refractivity contribution in [3.8, 4) is 17.1 Å². The van der Waals surface area contributed by atoms with E-state index in [1.807, 2.05) is 46.0 Å². The third kappa shape index (κ3) is 8.36. The van der Waals surface area contributed by atoms with Gasteiger partial charge in [0.25, 0.3) is 15.9 Å². The summed E-state index contributed by atoms with van der Waals surface area (Å²) in [4.78, 5) is 36.9. The monoisotopic (exact) mass is 685 g/mol. The predicted molar refractivity (Wildman–Crippen MR) is 192 cm³/mol. The number of nitrogens with zero attached hydrogens (tertiary/aromatic N) is 6. The highest BCUT2D eigenvalue weighted by Gasteiger charge is 2.30. The minimum Gasteiger partial charge on any atom is -0.475 e. The summed E-state index contributed by atoms with van der Waals surface area (Å²) in [6, 6.07) is 13.5. The molecule has 4 bridgehead atoms. The molecule has 0 saturated carbocycles. The van der Waals surface area contributed by atoms with Gasteiger partial charge in [0.2, 0.25) is 11.8 Å². The maximum absolute atomic E-state index is 14.5. The summed E-state index contributed by atoms with van der Waals surface area (Å²) >= 11 is 0. The predicted octanol–water partition coefficient (Wildman–Crippen LogP) is 6.73.